The van der Waals surface area contributed by atoms with E-state index in [9.17, 15) is 13.2 Å². The maximum Gasteiger partial charge on any atom is 0.251 e. The van der Waals surface area contributed by atoms with E-state index < -0.39 is 10.0 Å². The molecule has 1 saturated heterocycles. The van der Waals surface area contributed by atoms with E-state index in [4.69, 9.17) is 11.6 Å². The van der Waals surface area contributed by atoms with Gasteiger partial charge in [0.25, 0.3) is 5.91 Å². The van der Waals surface area contributed by atoms with Gasteiger partial charge in [-0.3, -0.25) is 9.10 Å². The largest absolute Gasteiger partial charge is 0.345 e. The molecule has 0 aliphatic carbocycles. The van der Waals surface area contributed by atoms with Crippen molar-refractivity contribution in [2.45, 2.75) is 23.8 Å². The number of hydrogen-bond donors (Lipinski definition) is 1. The van der Waals surface area contributed by atoms with Crippen molar-refractivity contribution in [2.24, 2.45) is 0 Å². The number of thioether (sulfide) groups is 1. The Bertz CT molecular complexity index is 977. The SMILES string of the molecule is O=C(N[C@H]1CCSc2ccc(Cl)cc21)c1ccc(N2CCCS2(=O)=O)cc1. The summed E-state index contributed by atoms with van der Waals surface area (Å²) in [6.45, 7) is 0.491. The van der Waals surface area contributed by atoms with Crippen molar-refractivity contribution in [3.05, 3.63) is 58.6 Å². The molecule has 0 aromatic heterocycles. The lowest BCUT2D eigenvalue weighted by molar-refractivity contribution is 0.0935. The van der Waals surface area contributed by atoms with Gasteiger partial charge in [-0.1, -0.05) is 11.6 Å². The molecule has 0 bridgehead atoms. The number of halogens is 1. The second-order valence-corrected chi connectivity index (χ2v) is 10.2. The van der Waals surface area contributed by atoms with Gasteiger partial charge in [-0.25, -0.2) is 8.42 Å². The lowest BCUT2D eigenvalue weighted by Gasteiger charge is -2.26. The summed E-state index contributed by atoms with van der Waals surface area (Å²) in [6.07, 6.45) is 1.47. The fourth-order valence-electron chi connectivity index (χ4n) is 3.47. The average molecular weight is 423 g/mol. The standard InChI is InChI=1S/C19H19ClN2O3S2/c20-14-4-7-18-16(12-14)17(8-10-26-18)21-19(23)13-2-5-15(6-3-13)22-9-1-11-27(22,24)25/h2-7,12,17H,1,8-11H2,(H,21,23)/t17-/m0/s1. The number of carbonyl (C=O) groups excluding carboxylic acids is 1. The Morgan fingerprint density at radius 1 is 1.19 bits per heavy atom. The molecule has 2 aliphatic heterocycles. The van der Waals surface area contributed by atoms with Crippen molar-refractivity contribution in [1.82, 2.24) is 5.32 Å². The predicted molar refractivity (Wildman–Crippen MR) is 109 cm³/mol. The first-order valence-electron chi connectivity index (χ1n) is 8.78. The maximum atomic E-state index is 12.7. The van der Waals surface area contributed by atoms with Crippen LogP contribution in [0.15, 0.2) is 47.4 Å². The number of hydrogen-bond acceptors (Lipinski definition) is 4. The fraction of sp³-hybridized carbons (Fsp3) is 0.316. The number of anilines is 1. The topological polar surface area (TPSA) is 66.5 Å². The Kier molecular flexibility index (Phi) is 5.09. The zero-order valence-electron chi connectivity index (χ0n) is 14.5. The number of nitrogens with zero attached hydrogens (tertiary/aromatic N) is 1. The smallest absolute Gasteiger partial charge is 0.251 e. The van der Waals surface area contributed by atoms with E-state index in [-0.39, 0.29) is 17.7 Å². The Labute approximate surface area is 168 Å². The van der Waals surface area contributed by atoms with Crippen LogP contribution in [0.25, 0.3) is 0 Å². The number of amides is 1. The highest BCUT2D eigenvalue weighted by Crippen LogP contribution is 2.37. The maximum absolute atomic E-state index is 12.7. The normalized spacial score (nSPS) is 20.9. The lowest BCUT2D eigenvalue weighted by atomic mass is 10.0. The summed E-state index contributed by atoms with van der Waals surface area (Å²) in [5.41, 5.74) is 2.17. The first-order chi connectivity index (χ1) is 12.9. The van der Waals surface area contributed by atoms with Crippen LogP contribution < -0.4 is 9.62 Å². The molecule has 2 heterocycles. The van der Waals surface area contributed by atoms with Crippen molar-refractivity contribution < 1.29 is 13.2 Å². The number of carbonyl (C=O) groups is 1. The highest BCUT2D eigenvalue weighted by molar-refractivity contribution is 7.99. The lowest BCUT2D eigenvalue weighted by Crippen LogP contribution is -2.30. The quantitative estimate of drug-likeness (QED) is 0.815. The van der Waals surface area contributed by atoms with Gasteiger partial charge in [0.2, 0.25) is 10.0 Å². The van der Waals surface area contributed by atoms with E-state index >= 15 is 0 Å². The van der Waals surface area contributed by atoms with Crippen LogP contribution in [0.5, 0.6) is 0 Å². The van der Waals surface area contributed by atoms with E-state index in [0.29, 0.717) is 29.2 Å². The Morgan fingerprint density at radius 2 is 1.96 bits per heavy atom. The molecule has 5 nitrogen and oxygen atoms in total. The monoisotopic (exact) mass is 422 g/mol. The molecule has 2 aliphatic rings. The van der Waals surface area contributed by atoms with Crippen molar-refractivity contribution in [3.63, 3.8) is 0 Å². The van der Waals surface area contributed by atoms with E-state index in [1.165, 1.54) is 4.31 Å². The zero-order valence-corrected chi connectivity index (χ0v) is 16.9. The third-order valence-corrected chi connectivity index (χ3v) is 8.06. The molecule has 0 saturated carbocycles. The second kappa shape index (κ2) is 7.37. The first-order valence-corrected chi connectivity index (χ1v) is 11.7. The first kappa shape index (κ1) is 18.7. The van der Waals surface area contributed by atoms with Crippen molar-refractivity contribution in [1.29, 1.82) is 0 Å². The molecule has 2 aromatic rings. The number of rotatable bonds is 3. The summed E-state index contributed by atoms with van der Waals surface area (Å²) >= 11 is 7.89. The third kappa shape index (κ3) is 3.81. The highest BCUT2D eigenvalue weighted by Gasteiger charge is 2.28. The molecular weight excluding hydrogens is 404 g/mol. The molecule has 0 unspecified atom stereocenters. The minimum atomic E-state index is -3.22. The van der Waals surface area contributed by atoms with E-state index in [1.807, 2.05) is 18.2 Å². The Morgan fingerprint density at radius 3 is 2.67 bits per heavy atom. The van der Waals surface area contributed by atoms with Crippen molar-refractivity contribution in [3.8, 4) is 0 Å². The van der Waals surface area contributed by atoms with Crippen LogP contribution in [0, 0.1) is 0 Å². The Hall–Kier alpha value is -1.70. The van der Waals surface area contributed by atoms with Gasteiger partial charge >= 0.3 is 0 Å². The van der Waals surface area contributed by atoms with Gasteiger partial charge < -0.3 is 5.32 Å². The average Bonchev–Trinajstić information content (AvgIpc) is 3.01. The molecule has 4 rings (SSSR count). The van der Waals surface area contributed by atoms with Gasteiger partial charge in [0.05, 0.1) is 17.5 Å². The molecule has 142 valence electrons. The molecule has 0 radical (unpaired) electrons. The molecule has 2 aromatic carbocycles. The summed E-state index contributed by atoms with van der Waals surface area (Å²) in [4.78, 5) is 13.8. The summed E-state index contributed by atoms with van der Waals surface area (Å²) < 4.78 is 25.5. The highest BCUT2D eigenvalue weighted by atomic mass is 35.5. The van der Waals surface area contributed by atoms with Crippen molar-refractivity contribution in [2.75, 3.05) is 22.4 Å². The molecule has 1 N–H and O–H groups in total. The fourth-order valence-corrected chi connectivity index (χ4v) is 6.32. The van der Waals surface area contributed by atoms with E-state index in [1.54, 1.807) is 36.0 Å². The molecule has 27 heavy (non-hydrogen) atoms. The summed E-state index contributed by atoms with van der Waals surface area (Å²) in [5.74, 6) is 0.941. The third-order valence-electron chi connectivity index (χ3n) is 4.83. The van der Waals surface area contributed by atoms with Crippen LogP contribution in [0.4, 0.5) is 5.69 Å². The van der Waals surface area contributed by atoms with Crippen molar-refractivity contribution >= 4 is 45.0 Å². The van der Waals surface area contributed by atoms with Crippen LogP contribution in [-0.2, 0) is 10.0 Å². The predicted octanol–water partition coefficient (Wildman–Crippen LogP) is 3.85. The van der Waals surface area contributed by atoms with Crippen LogP contribution >= 0.6 is 23.4 Å². The molecule has 0 spiro atoms. The molecular formula is C19H19ClN2O3S2. The van der Waals surface area contributed by atoms with Crippen LogP contribution in [-0.4, -0.2) is 32.4 Å². The number of nitrogens with one attached hydrogen (secondary N) is 1. The van der Waals surface area contributed by atoms with Gasteiger partial charge in [0, 0.05) is 27.8 Å². The molecule has 1 amide bonds. The molecule has 8 heteroatoms. The van der Waals surface area contributed by atoms with E-state index in [0.717, 1.165) is 22.6 Å². The second-order valence-electron chi connectivity index (χ2n) is 6.63. The minimum absolute atomic E-state index is 0.0777. The van der Waals surface area contributed by atoms with Gasteiger partial charge in [-0.15, -0.1) is 11.8 Å². The van der Waals surface area contributed by atoms with Gasteiger partial charge in [0.1, 0.15) is 0 Å². The molecule has 1 atom stereocenters. The van der Waals surface area contributed by atoms with Crippen LogP contribution in [0.1, 0.15) is 34.8 Å². The summed E-state index contributed by atoms with van der Waals surface area (Å²) in [6, 6.07) is 12.4. The molecule has 1 fully saturated rings. The number of sulfonamides is 1. The van der Waals surface area contributed by atoms with E-state index in [2.05, 4.69) is 5.32 Å². The summed E-state index contributed by atoms with van der Waals surface area (Å²) in [7, 11) is -3.22. The Balaban J connectivity index is 1.51. The summed E-state index contributed by atoms with van der Waals surface area (Å²) in [5, 5.41) is 3.74. The number of benzene rings is 2. The van der Waals surface area contributed by atoms with Gasteiger partial charge in [0.15, 0.2) is 0 Å². The van der Waals surface area contributed by atoms with Crippen LogP contribution in [0.3, 0.4) is 0 Å². The van der Waals surface area contributed by atoms with Gasteiger partial charge in [-0.2, -0.15) is 0 Å². The minimum Gasteiger partial charge on any atom is -0.345 e. The zero-order chi connectivity index (χ0) is 19.0. The van der Waals surface area contributed by atoms with Gasteiger partial charge in [-0.05, 0) is 60.9 Å². The van der Waals surface area contributed by atoms with Crippen LogP contribution in [0.2, 0.25) is 5.02 Å². The number of fused-ring (bicyclic) bond motifs is 1.